The summed E-state index contributed by atoms with van der Waals surface area (Å²) >= 11 is 0. The number of amides is 2. The second-order valence-corrected chi connectivity index (χ2v) is 6.19. The maximum atomic E-state index is 12.8. The van der Waals surface area contributed by atoms with E-state index in [0.29, 0.717) is 12.0 Å². The number of nitrogens with zero attached hydrogens (tertiary/aromatic N) is 2. The van der Waals surface area contributed by atoms with Crippen LogP contribution in [0.5, 0.6) is 0 Å². The number of aliphatic hydroxyl groups excluding tert-OH is 1. The summed E-state index contributed by atoms with van der Waals surface area (Å²) in [6.07, 6.45) is -3.84. The van der Waals surface area contributed by atoms with Gasteiger partial charge in [-0.15, -0.1) is 0 Å². The molecule has 8 heteroatoms. The molecule has 0 aromatic heterocycles. The Bertz CT molecular complexity index is 634. The molecule has 25 heavy (non-hydrogen) atoms. The number of likely N-dealkylation sites (tertiary alicyclic amines) is 1. The van der Waals surface area contributed by atoms with Crippen molar-refractivity contribution in [2.45, 2.75) is 25.6 Å². The van der Waals surface area contributed by atoms with E-state index in [1.54, 1.807) is 7.05 Å². The van der Waals surface area contributed by atoms with Crippen molar-refractivity contribution in [2.75, 3.05) is 26.7 Å². The molecule has 2 amide bonds. The fourth-order valence-electron chi connectivity index (χ4n) is 2.91. The van der Waals surface area contributed by atoms with Crippen LogP contribution in [0.4, 0.5) is 13.2 Å². The lowest BCUT2D eigenvalue weighted by atomic mass is 9.95. The number of rotatable bonds is 5. The lowest BCUT2D eigenvalue weighted by Crippen LogP contribution is -2.46. The van der Waals surface area contributed by atoms with Gasteiger partial charge in [-0.05, 0) is 24.1 Å². The maximum absolute atomic E-state index is 12.8. The van der Waals surface area contributed by atoms with Crippen molar-refractivity contribution >= 4 is 11.8 Å². The van der Waals surface area contributed by atoms with E-state index in [9.17, 15) is 22.8 Å². The van der Waals surface area contributed by atoms with Gasteiger partial charge in [0.05, 0.1) is 18.1 Å². The van der Waals surface area contributed by atoms with Crippen LogP contribution in [0.1, 0.15) is 24.0 Å². The summed E-state index contributed by atoms with van der Waals surface area (Å²) in [6, 6.07) is 4.85. The Kier molecular flexibility index (Phi) is 6.05. The van der Waals surface area contributed by atoms with Crippen LogP contribution in [-0.4, -0.2) is 53.5 Å². The number of carbonyl (C=O) groups is 2. The molecule has 1 aliphatic heterocycles. The SMILES string of the molecule is CN(CCO)C(=O)[C@H]1CCC(=O)N(Cc2cccc(C(F)(F)F)c2)C1. The van der Waals surface area contributed by atoms with Crippen molar-refractivity contribution in [1.29, 1.82) is 0 Å². The van der Waals surface area contributed by atoms with Gasteiger partial charge in [0.2, 0.25) is 11.8 Å². The number of hydrogen-bond donors (Lipinski definition) is 1. The van der Waals surface area contributed by atoms with E-state index in [0.717, 1.165) is 12.1 Å². The molecule has 1 aromatic carbocycles. The fraction of sp³-hybridized carbons (Fsp3) is 0.529. The van der Waals surface area contributed by atoms with Crippen LogP contribution in [0.25, 0.3) is 0 Å². The number of likely N-dealkylation sites (N-methyl/N-ethyl adjacent to an activating group) is 1. The average molecular weight is 358 g/mol. The Morgan fingerprint density at radius 3 is 2.76 bits per heavy atom. The van der Waals surface area contributed by atoms with E-state index in [4.69, 9.17) is 5.11 Å². The summed E-state index contributed by atoms with van der Waals surface area (Å²) in [5.74, 6) is -0.748. The van der Waals surface area contributed by atoms with Crippen LogP contribution in [0, 0.1) is 5.92 Å². The monoisotopic (exact) mass is 358 g/mol. The molecule has 1 N–H and O–H groups in total. The molecule has 0 unspecified atom stereocenters. The van der Waals surface area contributed by atoms with Gasteiger partial charge in [0, 0.05) is 33.1 Å². The Balaban J connectivity index is 2.08. The van der Waals surface area contributed by atoms with Crippen LogP contribution in [0.3, 0.4) is 0 Å². The van der Waals surface area contributed by atoms with Crippen LogP contribution in [-0.2, 0) is 22.3 Å². The van der Waals surface area contributed by atoms with Crippen molar-refractivity contribution in [2.24, 2.45) is 5.92 Å². The van der Waals surface area contributed by atoms with Crippen LogP contribution in [0.2, 0.25) is 0 Å². The molecular weight excluding hydrogens is 337 g/mol. The standard InChI is InChI=1S/C17H21F3N2O3/c1-21(7-8-23)16(25)13-5-6-15(24)22(11-13)10-12-3-2-4-14(9-12)17(18,19)20/h2-4,9,13,23H,5-8,10-11H2,1H3/t13-/m0/s1. The van der Waals surface area contributed by atoms with E-state index >= 15 is 0 Å². The van der Waals surface area contributed by atoms with Crippen molar-refractivity contribution in [3.05, 3.63) is 35.4 Å². The Hall–Kier alpha value is -2.09. The summed E-state index contributed by atoms with van der Waals surface area (Å²) in [5, 5.41) is 8.91. The van der Waals surface area contributed by atoms with Gasteiger partial charge in [0.1, 0.15) is 0 Å². The zero-order valence-electron chi connectivity index (χ0n) is 13.9. The molecule has 0 aliphatic carbocycles. The van der Waals surface area contributed by atoms with E-state index in [1.807, 2.05) is 0 Å². The predicted molar refractivity (Wildman–Crippen MR) is 84.3 cm³/mol. The smallest absolute Gasteiger partial charge is 0.395 e. The molecule has 1 aromatic rings. The lowest BCUT2D eigenvalue weighted by molar-refractivity contribution is -0.143. The molecule has 5 nitrogen and oxygen atoms in total. The van der Waals surface area contributed by atoms with Crippen molar-refractivity contribution < 1.29 is 27.9 Å². The summed E-state index contributed by atoms with van der Waals surface area (Å²) < 4.78 is 38.4. The first-order chi connectivity index (χ1) is 11.7. The highest BCUT2D eigenvalue weighted by atomic mass is 19.4. The fourth-order valence-corrected chi connectivity index (χ4v) is 2.91. The number of halogens is 3. The van der Waals surface area contributed by atoms with Gasteiger partial charge in [0.15, 0.2) is 0 Å². The summed E-state index contributed by atoms with van der Waals surface area (Å²) in [4.78, 5) is 27.2. The van der Waals surface area contributed by atoms with Crippen molar-refractivity contribution in [1.82, 2.24) is 9.80 Å². The van der Waals surface area contributed by atoms with Gasteiger partial charge < -0.3 is 14.9 Å². The largest absolute Gasteiger partial charge is 0.416 e. The van der Waals surface area contributed by atoms with Gasteiger partial charge in [0.25, 0.3) is 0 Å². The molecule has 0 bridgehead atoms. The first-order valence-electron chi connectivity index (χ1n) is 8.02. The third kappa shape index (κ3) is 4.94. The number of hydrogen-bond acceptors (Lipinski definition) is 3. The average Bonchev–Trinajstić information content (AvgIpc) is 2.56. The zero-order chi connectivity index (χ0) is 18.6. The minimum absolute atomic E-state index is 0.0379. The van der Waals surface area contributed by atoms with Crippen molar-refractivity contribution in [3.8, 4) is 0 Å². The number of piperidine rings is 1. The van der Waals surface area contributed by atoms with Gasteiger partial charge >= 0.3 is 6.18 Å². The number of alkyl halides is 3. The third-order valence-corrected chi connectivity index (χ3v) is 4.29. The van der Waals surface area contributed by atoms with Gasteiger partial charge in [-0.3, -0.25) is 9.59 Å². The lowest BCUT2D eigenvalue weighted by Gasteiger charge is -2.34. The predicted octanol–water partition coefficient (Wildman–Crippen LogP) is 1.89. The molecule has 1 heterocycles. The molecule has 0 spiro atoms. The Morgan fingerprint density at radius 2 is 2.12 bits per heavy atom. The van der Waals surface area contributed by atoms with E-state index < -0.39 is 17.7 Å². The number of aliphatic hydroxyl groups is 1. The normalized spacial score (nSPS) is 18.4. The molecular formula is C17H21F3N2O3. The van der Waals surface area contributed by atoms with E-state index in [-0.39, 0.29) is 44.5 Å². The Labute approximate surface area is 144 Å². The first-order valence-corrected chi connectivity index (χ1v) is 8.02. The number of benzene rings is 1. The van der Waals surface area contributed by atoms with Gasteiger partial charge in [-0.2, -0.15) is 13.2 Å². The van der Waals surface area contributed by atoms with Crippen LogP contribution >= 0.6 is 0 Å². The first kappa shape index (κ1) is 19.2. The van der Waals surface area contributed by atoms with Crippen LogP contribution in [0.15, 0.2) is 24.3 Å². The zero-order valence-corrected chi connectivity index (χ0v) is 13.9. The highest BCUT2D eigenvalue weighted by Crippen LogP contribution is 2.30. The quantitative estimate of drug-likeness (QED) is 0.875. The second-order valence-electron chi connectivity index (χ2n) is 6.19. The van der Waals surface area contributed by atoms with Crippen LogP contribution < -0.4 is 0 Å². The highest BCUT2D eigenvalue weighted by molar-refractivity contribution is 5.83. The molecule has 1 aliphatic rings. The van der Waals surface area contributed by atoms with E-state index in [2.05, 4.69) is 0 Å². The molecule has 1 atom stereocenters. The molecule has 0 saturated carbocycles. The Morgan fingerprint density at radius 1 is 1.40 bits per heavy atom. The molecule has 2 rings (SSSR count). The molecule has 1 saturated heterocycles. The molecule has 0 radical (unpaired) electrons. The maximum Gasteiger partial charge on any atom is 0.416 e. The van der Waals surface area contributed by atoms with Gasteiger partial charge in [-0.25, -0.2) is 0 Å². The summed E-state index contributed by atoms with van der Waals surface area (Å²) in [6.45, 7) is 0.263. The topological polar surface area (TPSA) is 60.9 Å². The summed E-state index contributed by atoms with van der Waals surface area (Å²) in [7, 11) is 1.58. The van der Waals surface area contributed by atoms with Gasteiger partial charge in [-0.1, -0.05) is 12.1 Å². The number of carbonyl (C=O) groups excluding carboxylic acids is 2. The second kappa shape index (κ2) is 7.86. The highest BCUT2D eigenvalue weighted by Gasteiger charge is 2.33. The summed E-state index contributed by atoms with van der Waals surface area (Å²) in [5.41, 5.74) is -0.384. The minimum atomic E-state index is -4.44. The third-order valence-electron chi connectivity index (χ3n) is 4.29. The molecule has 1 fully saturated rings. The molecule has 138 valence electrons. The van der Waals surface area contributed by atoms with Crippen molar-refractivity contribution in [3.63, 3.8) is 0 Å². The minimum Gasteiger partial charge on any atom is -0.395 e. The van der Waals surface area contributed by atoms with E-state index in [1.165, 1.54) is 21.9 Å².